The quantitative estimate of drug-likeness (QED) is 0.874. The lowest BCUT2D eigenvalue weighted by atomic mass is 10.1. The molecule has 19 heavy (non-hydrogen) atoms. The van der Waals surface area contributed by atoms with E-state index in [9.17, 15) is 13.2 Å². The first-order valence-corrected chi connectivity index (χ1v) is 5.58. The molecule has 0 amide bonds. The minimum atomic E-state index is -4.79. The number of phenols is 1. The summed E-state index contributed by atoms with van der Waals surface area (Å²) in [6, 6.07) is 10.1. The molecule has 1 N–H and O–H groups in total. The molecule has 0 unspecified atom stereocenters. The molecule has 0 aromatic heterocycles. The van der Waals surface area contributed by atoms with E-state index in [0.717, 1.165) is 0 Å². The molecule has 0 aliphatic carbocycles. The lowest BCUT2D eigenvalue weighted by molar-refractivity contribution is -0.274. The van der Waals surface area contributed by atoms with Crippen molar-refractivity contribution in [2.45, 2.75) is 6.36 Å². The van der Waals surface area contributed by atoms with Crippen LogP contribution >= 0.6 is 11.6 Å². The molecule has 0 aliphatic heterocycles. The summed E-state index contributed by atoms with van der Waals surface area (Å²) in [6.45, 7) is 0. The SMILES string of the molecule is Oc1ccc(-c2ccc(Cl)c(OC(F)(F)F)c2)cc1. The summed E-state index contributed by atoms with van der Waals surface area (Å²) in [5.41, 5.74) is 1.14. The van der Waals surface area contributed by atoms with Gasteiger partial charge in [-0.1, -0.05) is 29.8 Å². The molecular weight excluding hydrogens is 281 g/mol. The number of aromatic hydroxyl groups is 1. The number of rotatable bonds is 2. The maximum atomic E-state index is 12.2. The van der Waals surface area contributed by atoms with Crippen molar-refractivity contribution in [1.82, 2.24) is 0 Å². The largest absolute Gasteiger partial charge is 0.573 e. The Balaban J connectivity index is 2.38. The number of halogens is 4. The van der Waals surface area contributed by atoms with Crippen LogP contribution in [0.15, 0.2) is 42.5 Å². The molecule has 0 heterocycles. The fourth-order valence-electron chi connectivity index (χ4n) is 1.54. The molecule has 6 heteroatoms. The van der Waals surface area contributed by atoms with Gasteiger partial charge in [0.1, 0.15) is 11.5 Å². The van der Waals surface area contributed by atoms with Gasteiger partial charge < -0.3 is 9.84 Å². The number of hydrogen-bond acceptors (Lipinski definition) is 2. The van der Waals surface area contributed by atoms with Crippen molar-refractivity contribution < 1.29 is 23.0 Å². The summed E-state index contributed by atoms with van der Waals surface area (Å²) in [4.78, 5) is 0. The highest BCUT2D eigenvalue weighted by Crippen LogP contribution is 2.34. The minimum Gasteiger partial charge on any atom is -0.508 e. The van der Waals surface area contributed by atoms with Gasteiger partial charge in [-0.05, 0) is 35.4 Å². The molecule has 0 saturated heterocycles. The number of alkyl halides is 3. The Morgan fingerprint density at radius 3 is 2.11 bits per heavy atom. The molecule has 100 valence electrons. The van der Waals surface area contributed by atoms with Gasteiger partial charge in [0.2, 0.25) is 0 Å². The molecule has 2 aromatic rings. The Labute approximate surface area is 112 Å². The van der Waals surface area contributed by atoms with Crippen molar-refractivity contribution in [3.05, 3.63) is 47.5 Å². The van der Waals surface area contributed by atoms with E-state index in [2.05, 4.69) is 4.74 Å². The summed E-state index contributed by atoms with van der Waals surface area (Å²) in [6.07, 6.45) is -4.79. The summed E-state index contributed by atoms with van der Waals surface area (Å²) >= 11 is 5.65. The lowest BCUT2D eigenvalue weighted by Crippen LogP contribution is -2.17. The molecule has 0 atom stereocenters. The zero-order valence-corrected chi connectivity index (χ0v) is 10.2. The first-order valence-electron chi connectivity index (χ1n) is 5.20. The van der Waals surface area contributed by atoms with Crippen molar-refractivity contribution in [2.24, 2.45) is 0 Å². The van der Waals surface area contributed by atoms with Crippen LogP contribution in [0.3, 0.4) is 0 Å². The van der Waals surface area contributed by atoms with E-state index in [0.29, 0.717) is 11.1 Å². The molecular formula is C13H8ClF3O2. The van der Waals surface area contributed by atoms with Gasteiger partial charge in [-0.15, -0.1) is 13.2 Å². The van der Waals surface area contributed by atoms with Crippen molar-refractivity contribution in [3.8, 4) is 22.6 Å². The average molecular weight is 289 g/mol. The third kappa shape index (κ3) is 3.54. The van der Waals surface area contributed by atoms with Gasteiger partial charge in [-0.25, -0.2) is 0 Å². The highest BCUT2D eigenvalue weighted by atomic mass is 35.5. The summed E-state index contributed by atoms with van der Waals surface area (Å²) in [5, 5.41) is 9.04. The molecule has 2 aromatic carbocycles. The van der Waals surface area contributed by atoms with Gasteiger partial charge in [0.05, 0.1) is 5.02 Å². The Kier molecular flexibility index (Phi) is 3.57. The van der Waals surface area contributed by atoms with Crippen LogP contribution in [-0.2, 0) is 0 Å². The Morgan fingerprint density at radius 2 is 1.53 bits per heavy atom. The normalized spacial score (nSPS) is 11.4. The molecule has 2 rings (SSSR count). The van der Waals surface area contributed by atoms with Gasteiger partial charge in [-0.2, -0.15) is 0 Å². The summed E-state index contributed by atoms with van der Waals surface area (Å²) in [7, 11) is 0. The van der Waals surface area contributed by atoms with Gasteiger partial charge in [0.25, 0.3) is 0 Å². The predicted molar refractivity (Wildman–Crippen MR) is 65.2 cm³/mol. The van der Waals surface area contributed by atoms with E-state index in [1.54, 1.807) is 18.2 Å². The topological polar surface area (TPSA) is 29.5 Å². The second kappa shape index (κ2) is 5.01. The van der Waals surface area contributed by atoms with E-state index in [4.69, 9.17) is 16.7 Å². The third-order valence-electron chi connectivity index (χ3n) is 2.36. The van der Waals surface area contributed by atoms with Crippen LogP contribution < -0.4 is 4.74 Å². The van der Waals surface area contributed by atoms with E-state index in [-0.39, 0.29) is 10.8 Å². The molecule has 2 nitrogen and oxygen atoms in total. The maximum absolute atomic E-state index is 12.2. The molecule has 0 bridgehead atoms. The van der Waals surface area contributed by atoms with Gasteiger partial charge in [-0.3, -0.25) is 0 Å². The Bertz CT molecular complexity index is 579. The van der Waals surface area contributed by atoms with Crippen LogP contribution in [0.25, 0.3) is 11.1 Å². The Hall–Kier alpha value is -1.88. The highest BCUT2D eigenvalue weighted by Gasteiger charge is 2.32. The first-order chi connectivity index (χ1) is 8.85. The number of hydrogen-bond donors (Lipinski definition) is 1. The number of ether oxygens (including phenoxy) is 1. The molecule has 0 aliphatic rings. The van der Waals surface area contributed by atoms with E-state index in [1.807, 2.05) is 0 Å². The third-order valence-corrected chi connectivity index (χ3v) is 2.67. The van der Waals surface area contributed by atoms with Gasteiger partial charge in [0.15, 0.2) is 0 Å². The van der Waals surface area contributed by atoms with Gasteiger partial charge >= 0.3 is 6.36 Å². The van der Waals surface area contributed by atoms with Crippen molar-refractivity contribution in [2.75, 3.05) is 0 Å². The minimum absolute atomic E-state index is 0.0736. The van der Waals surface area contributed by atoms with Crippen LogP contribution in [0.5, 0.6) is 11.5 Å². The monoisotopic (exact) mass is 288 g/mol. The van der Waals surface area contributed by atoms with E-state index in [1.165, 1.54) is 24.3 Å². The van der Waals surface area contributed by atoms with Gasteiger partial charge in [0, 0.05) is 0 Å². The number of benzene rings is 2. The second-order valence-electron chi connectivity index (χ2n) is 3.74. The zero-order valence-electron chi connectivity index (χ0n) is 9.41. The average Bonchev–Trinajstić information content (AvgIpc) is 2.31. The molecule has 0 spiro atoms. The van der Waals surface area contributed by atoms with Crippen LogP contribution in [0, 0.1) is 0 Å². The zero-order chi connectivity index (χ0) is 14.0. The van der Waals surface area contributed by atoms with Crippen molar-refractivity contribution in [1.29, 1.82) is 0 Å². The molecule has 0 fully saturated rings. The second-order valence-corrected chi connectivity index (χ2v) is 4.15. The molecule has 0 saturated carbocycles. The standard InChI is InChI=1S/C13H8ClF3O2/c14-11-6-3-9(7-12(11)19-13(15,16)17)8-1-4-10(18)5-2-8/h1-7,18H. The molecule has 0 radical (unpaired) electrons. The van der Waals surface area contributed by atoms with Crippen LogP contribution in [0.4, 0.5) is 13.2 Å². The summed E-state index contributed by atoms with van der Waals surface area (Å²) in [5.74, 6) is -0.385. The highest BCUT2D eigenvalue weighted by molar-refractivity contribution is 6.32. The smallest absolute Gasteiger partial charge is 0.508 e. The lowest BCUT2D eigenvalue weighted by Gasteiger charge is -2.12. The van der Waals surface area contributed by atoms with Crippen molar-refractivity contribution >= 4 is 11.6 Å². The number of phenolic OH excluding ortho intramolecular Hbond substituents is 1. The van der Waals surface area contributed by atoms with E-state index < -0.39 is 12.1 Å². The Morgan fingerprint density at radius 1 is 0.947 bits per heavy atom. The fourth-order valence-corrected chi connectivity index (χ4v) is 1.70. The first kappa shape index (κ1) is 13.5. The van der Waals surface area contributed by atoms with Crippen molar-refractivity contribution in [3.63, 3.8) is 0 Å². The summed E-state index contributed by atoms with van der Waals surface area (Å²) < 4.78 is 40.4. The van der Waals surface area contributed by atoms with Crippen LogP contribution in [-0.4, -0.2) is 11.5 Å². The fraction of sp³-hybridized carbons (Fsp3) is 0.0769. The predicted octanol–water partition coefficient (Wildman–Crippen LogP) is 4.61. The van der Waals surface area contributed by atoms with Crippen LogP contribution in [0.1, 0.15) is 0 Å². The van der Waals surface area contributed by atoms with Crippen LogP contribution in [0.2, 0.25) is 5.02 Å². The maximum Gasteiger partial charge on any atom is 0.573 e. The van der Waals surface area contributed by atoms with E-state index >= 15 is 0 Å².